The molecule has 0 spiro atoms. The molecule has 0 aliphatic carbocycles. The molecule has 1 heterocycles. The van der Waals surface area contributed by atoms with Crippen LogP contribution in [-0.4, -0.2) is 26.4 Å². The molecule has 1 saturated heterocycles. The van der Waals surface area contributed by atoms with Crippen LogP contribution < -0.4 is 0 Å². The van der Waals surface area contributed by atoms with Crippen LogP contribution in [0.5, 0.6) is 0 Å². The van der Waals surface area contributed by atoms with Crippen LogP contribution in [0.15, 0.2) is 0 Å². The normalized spacial score (nSPS) is 15.8. The Bertz CT molecular complexity index is 166. The minimum atomic E-state index is 0.688. The minimum absolute atomic E-state index is 0.688. The van der Waals surface area contributed by atoms with E-state index in [1.165, 1.54) is 64.2 Å². The molecule has 0 aromatic carbocycles. The standard InChI is InChI=1S/C16H32O2/c1-2-3-4-5-6-7-8-9-10-11-12-17-13-16-14-18-15-16/h16H,2-15H2,1H3. The van der Waals surface area contributed by atoms with Crippen molar-refractivity contribution in [2.24, 2.45) is 5.92 Å². The zero-order valence-electron chi connectivity index (χ0n) is 12.3. The molecule has 0 unspecified atom stereocenters. The van der Waals surface area contributed by atoms with Crippen molar-refractivity contribution in [2.75, 3.05) is 26.4 Å². The molecule has 0 amide bonds. The molecule has 0 aromatic heterocycles. The van der Waals surface area contributed by atoms with E-state index in [-0.39, 0.29) is 0 Å². The fourth-order valence-corrected chi connectivity index (χ4v) is 2.32. The molecule has 1 aliphatic heterocycles. The Hall–Kier alpha value is -0.0800. The predicted molar refractivity (Wildman–Crippen MR) is 77.0 cm³/mol. The monoisotopic (exact) mass is 256 g/mol. The van der Waals surface area contributed by atoms with Crippen molar-refractivity contribution >= 4 is 0 Å². The van der Waals surface area contributed by atoms with E-state index in [0.29, 0.717) is 5.92 Å². The molecule has 0 atom stereocenters. The number of ether oxygens (including phenoxy) is 2. The summed E-state index contributed by atoms with van der Waals surface area (Å²) in [5, 5.41) is 0. The van der Waals surface area contributed by atoms with Crippen LogP contribution in [0.25, 0.3) is 0 Å². The Morgan fingerprint density at radius 2 is 1.39 bits per heavy atom. The number of hydrogen-bond donors (Lipinski definition) is 0. The molecule has 108 valence electrons. The summed E-state index contributed by atoms with van der Waals surface area (Å²) < 4.78 is 10.7. The summed E-state index contributed by atoms with van der Waals surface area (Å²) >= 11 is 0. The fraction of sp³-hybridized carbons (Fsp3) is 1.00. The predicted octanol–water partition coefficient (Wildman–Crippen LogP) is 4.57. The maximum absolute atomic E-state index is 5.63. The lowest BCUT2D eigenvalue weighted by atomic mass is 10.1. The Kier molecular flexibility index (Phi) is 10.6. The van der Waals surface area contributed by atoms with Gasteiger partial charge in [-0.1, -0.05) is 64.7 Å². The van der Waals surface area contributed by atoms with Crippen LogP contribution in [0, 0.1) is 5.92 Å². The van der Waals surface area contributed by atoms with E-state index in [4.69, 9.17) is 9.47 Å². The van der Waals surface area contributed by atoms with Crippen molar-refractivity contribution in [3.63, 3.8) is 0 Å². The highest BCUT2D eigenvalue weighted by Crippen LogP contribution is 2.12. The van der Waals surface area contributed by atoms with E-state index in [1.54, 1.807) is 0 Å². The van der Waals surface area contributed by atoms with Crippen molar-refractivity contribution < 1.29 is 9.47 Å². The highest BCUT2D eigenvalue weighted by molar-refractivity contribution is 4.63. The van der Waals surface area contributed by atoms with Crippen molar-refractivity contribution in [1.82, 2.24) is 0 Å². The molecule has 2 nitrogen and oxygen atoms in total. The Balaban J connectivity index is 1.63. The van der Waals surface area contributed by atoms with Crippen LogP contribution in [0.3, 0.4) is 0 Å². The van der Waals surface area contributed by atoms with Gasteiger partial charge in [-0.05, 0) is 6.42 Å². The van der Waals surface area contributed by atoms with Crippen molar-refractivity contribution in [3.8, 4) is 0 Å². The first-order chi connectivity index (χ1) is 8.93. The quantitative estimate of drug-likeness (QED) is 0.449. The van der Waals surface area contributed by atoms with Gasteiger partial charge in [-0.15, -0.1) is 0 Å². The number of hydrogen-bond acceptors (Lipinski definition) is 2. The lowest BCUT2D eigenvalue weighted by Crippen LogP contribution is -2.31. The molecular formula is C16H32O2. The van der Waals surface area contributed by atoms with Gasteiger partial charge in [0.15, 0.2) is 0 Å². The van der Waals surface area contributed by atoms with E-state index >= 15 is 0 Å². The van der Waals surface area contributed by atoms with Crippen molar-refractivity contribution in [3.05, 3.63) is 0 Å². The summed E-state index contributed by atoms with van der Waals surface area (Å²) in [6, 6.07) is 0. The lowest BCUT2D eigenvalue weighted by Gasteiger charge is -2.25. The maximum Gasteiger partial charge on any atom is 0.0538 e. The van der Waals surface area contributed by atoms with Crippen LogP contribution >= 0.6 is 0 Å². The van der Waals surface area contributed by atoms with Gasteiger partial charge >= 0.3 is 0 Å². The second kappa shape index (κ2) is 12.0. The molecule has 2 heteroatoms. The molecule has 0 aromatic rings. The Morgan fingerprint density at radius 1 is 0.833 bits per heavy atom. The summed E-state index contributed by atoms with van der Waals surface area (Å²) in [7, 11) is 0. The first-order valence-corrected chi connectivity index (χ1v) is 8.09. The van der Waals surface area contributed by atoms with Crippen LogP contribution in [-0.2, 0) is 9.47 Å². The Labute approximate surface area is 113 Å². The second-order valence-corrected chi connectivity index (χ2v) is 5.66. The van der Waals surface area contributed by atoms with Gasteiger partial charge in [-0.25, -0.2) is 0 Å². The third kappa shape index (κ3) is 8.93. The number of rotatable bonds is 13. The maximum atomic E-state index is 5.63. The van der Waals surface area contributed by atoms with Crippen LogP contribution in [0.1, 0.15) is 71.1 Å². The SMILES string of the molecule is CCCCCCCCCCCCOCC1COC1. The van der Waals surface area contributed by atoms with Gasteiger partial charge in [0.05, 0.1) is 19.8 Å². The molecule has 0 saturated carbocycles. The zero-order chi connectivity index (χ0) is 12.9. The van der Waals surface area contributed by atoms with Crippen molar-refractivity contribution in [1.29, 1.82) is 0 Å². The van der Waals surface area contributed by atoms with E-state index in [9.17, 15) is 0 Å². The van der Waals surface area contributed by atoms with Gasteiger partial charge in [-0.3, -0.25) is 0 Å². The van der Waals surface area contributed by atoms with Gasteiger partial charge in [0.25, 0.3) is 0 Å². The van der Waals surface area contributed by atoms with E-state index in [2.05, 4.69) is 6.92 Å². The van der Waals surface area contributed by atoms with Gasteiger partial charge in [0.2, 0.25) is 0 Å². The molecule has 0 N–H and O–H groups in total. The average molecular weight is 256 g/mol. The summed E-state index contributed by atoms with van der Waals surface area (Å²) in [5.74, 6) is 0.688. The highest BCUT2D eigenvalue weighted by atomic mass is 16.5. The largest absolute Gasteiger partial charge is 0.381 e. The molecule has 0 bridgehead atoms. The summed E-state index contributed by atoms with van der Waals surface area (Å²) in [6.07, 6.45) is 13.9. The molecular weight excluding hydrogens is 224 g/mol. The first-order valence-electron chi connectivity index (χ1n) is 8.09. The van der Waals surface area contributed by atoms with E-state index in [1.807, 2.05) is 0 Å². The molecule has 0 radical (unpaired) electrons. The first kappa shape index (κ1) is 16.0. The van der Waals surface area contributed by atoms with Gasteiger partial charge in [0.1, 0.15) is 0 Å². The van der Waals surface area contributed by atoms with E-state index < -0.39 is 0 Å². The topological polar surface area (TPSA) is 18.5 Å². The zero-order valence-corrected chi connectivity index (χ0v) is 12.3. The van der Waals surface area contributed by atoms with Gasteiger partial charge < -0.3 is 9.47 Å². The van der Waals surface area contributed by atoms with Crippen molar-refractivity contribution in [2.45, 2.75) is 71.1 Å². The summed E-state index contributed by atoms with van der Waals surface area (Å²) in [6.45, 7) is 5.97. The third-order valence-corrected chi connectivity index (χ3v) is 3.70. The molecule has 1 rings (SSSR count). The summed E-state index contributed by atoms with van der Waals surface area (Å²) in [5.41, 5.74) is 0. The average Bonchev–Trinajstić information content (AvgIpc) is 2.33. The smallest absolute Gasteiger partial charge is 0.0538 e. The Morgan fingerprint density at radius 3 is 1.89 bits per heavy atom. The molecule has 1 aliphatic rings. The summed E-state index contributed by atoms with van der Waals surface area (Å²) in [4.78, 5) is 0. The van der Waals surface area contributed by atoms with Crippen LogP contribution in [0.2, 0.25) is 0 Å². The lowest BCUT2D eigenvalue weighted by molar-refractivity contribution is -0.0718. The van der Waals surface area contributed by atoms with Gasteiger partial charge in [0, 0.05) is 12.5 Å². The minimum Gasteiger partial charge on any atom is -0.381 e. The van der Waals surface area contributed by atoms with E-state index in [0.717, 1.165) is 26.4 Å². The fourth-order valence-electron chi connectivity index (χ4n) is 2.32. The van der Waals surface area contributed by atoms with Crippen LogP contribution in [0.4, 0.5) is 0 Å². The second-order valence-electron chi connectivity index (χ2n) is 5.66. The highest BCUT2D eigenvalue weighted by Gasteiger charge is 2.17. The third-order valence-electron chi connectivity index (χ3n) is 3.70. The molecule has 18 heavy (non-hydrogen) atoms. The van der Waals surface area contributed by atoms with Gasteiger partial charge in [-0.2, -0.15) is 0 Å². The number of unbranched alkanes of at least 4 members (excludes halogenated alkanes) is 9. The molecule has 1 fully saturated rings.